The summed E-state index contributed by atoms with van der Waals surface area (Å²) in [7, 11) is 0. The Morgan fingerprint density at radius 2 is 1.84 bits per heavy atom. The second-order valence-corrected chi connectivity index (χ2v) is 9.03. The van der Waals surface area contributed by atoms with E-state index >= 15 is 0 Å². The highest BCUT2D eigenvalue weighted by Crippen LogP contribution is 2.34. The molecule has 4 heterocycles. The molecule has 4 rings (SSSR count). The fourth-order valence-corrected chi connectivity index (χ4v) is 5.02. The van der Waals surface area contributed by atoms with E-state index in [1.54, 1.807) is 0 Å². The zero-order chi connectivity index (χ0) is 21.8. The van der Waals surface area contributed by atoms with Crippen LogP contribution in [0.2, 0.25) is 0 Å². The number of nitrogens with two attached hydrogens (primary N) is 1. The molecule has 2 aliphatic heterocycles. The maximum atomic E-state index is 6.42. The van der Waals surface area contributed by atoms with Gasteiger partial charge in [-0.2, -0.15) is 0 Å². The van der Waals surface area contributed by atoms with E-state index in [0.717, 1.165) is 42.2 Å². The first-order valence-corrected chi connectivity index (χ1v) is 11.9. The van der Waals surface area contributed by atoms with Crippen molar-refractivity contribution in [3.8, 4) is 16.9 Å². The SMILES string of the molecule is CCc1cncc(-c2cnc(N)c(OC(C)N3CCC(N4CCCCC4)CC3)c2C)c1. The second kappa shape index (κ2) is 9.96. The van der Waals surface area contributed by atoms with Crippen molar-refractivity contribution in [2.24, 2.45) is 0 Å². The number of nitrogen functional groups attached to an aromatic ring is 1. The summed E-state index contributed by atoms with van der Waals surface area (Å²) in [5.74, 6) is 1.15. The molecule has 0 spiro atoms. The summed E-state index contributed by atoms with van der Waals surface area (Å²) in [6.45, 7) is 11.0. The van der Waals surface area contributed by atoms with Gasteiger partial charge in [0.15, 0.2) is 11.6 Å². The van der Waals surface area contributed by atoms with Crippen LogP contribution >= 0.6 is 0 Å². The van der Waals surface area contributed by atoms with Gasteiger partial charge >= 0.3 is 0 Å². The molecule has 0 bridgehead atoms. The minimum absolute atomic E-state index is 0.0274. The summed E-state index contributed by atoms with van der Waals surface area (Å²) in [4.78, 5) is 14.0. The van der Waals surface area contributed by atoms with Gasteiger partial charge in [0.05, 0.1) is 0 Å². The molecular weight excluding hydrogens is 386 g/mol. The fourth-order valence-electron chi connectivity index (χ4n) is 5.02. The van der Waals surface area contributed by atoms with Gasteiger partial charge in [0.25, 0.3) is 0 Å². The Morgan fingerprint density at radius 3 is 2.55 bits per heavy atom. The number of likely N-dealkylation sites (tertiary alicyclic amines) is 2. The van der Waals surface area contributed by atoms with Gasteiger partial charge in [0, 0.05) is 54.4 Å². The third kappa shape index (κ3) is 5.01. The number of aromatic nitrogens is 2. The van der Waals surface area contributed by atoms with E-state index in [2.05, 4.69) is 46.6 Å². The first-order valence-electron chi connectivity index (χ1n) is 11.9. The Kier molecular flexibility index (Phi) is 7.08. The average molecular weight is 424 g/mol. The van der Waals surface area contributed by atoms with Gasteiger partial charge in [0.1, 0.15) is 6.23 Å². The Balaban J connectivity index is 1.44. The van der Waals surface area contributed by atoms with Crippen LogP contribution in [0.4, 0.5) is 5.82 Å². The number of nitrogens with zero attached hydrogens (tertiary/aromatic N) is 4. The van der Waals surface area contributed by atoms with Crippen molar-refractivity contribution in [3.63, 3.8) is 0 Å². The van der Waals surface area contributed by atoms with Gasteiger partial charge in [-0.25, -0.2) is 4.98 Å². The lowest BCUT2D eigenvalue weighted by molar-refractivity contribution is 0.000697. The summed E-state index contributed by atoms with van der Waals surface area (Å²) in [5.41, 5.74) is 10.6. The van der Waals surface area contributed by atoms with Crippen molar-refractivity contribution in [1.29, 1.82) is 0 Å². The summed E-state index contributed by atoms with van der Waals surface area (Å²) < 4.78 is 6.42. The van der Waals surface area contributed by atoms with Crippen LogP contribution < -0.4 is 10.5 Å². The molecule has 6 nitrogen and oxygen atoms in total. The number of pyridine rings is 2. The van der Waals surface area contributed by atoms with Gasteiger partial charge in [0.2, 0.25) is 0 Å². The number of hydrogen-bond donors (Lipinski definition) is 1. The van der Waals surface area contributed by atoms with Crippen LogP contribution in [-0.2, 0) is 6.42 Å². The molecule has 1 unspecified atom stereocenters. The molecular formula is C25H37N5O. The molecule has 2 fully saturated rings. The van der Waals surface area contributed by atoms with Crippen LogP contribution in [0.1, 0.15) is 57.1 Å². The zero-order valence-electron chi connectivity index (χ0n) is 19.3. The highest BCUT2D eigenvalue weighted by molar-refractivity contribution is 5.72. The van der Waals surface area contributed by atoms with Crippen LogP contribution in [0.5, 0.6) is 5.75 Å². The molecule has 2 aliphatic rings. The van der Waals surface area contributed by atoms with Gasteiger partial charge < -0.3 is 15.4 Å². The molecule has 2 N–H and O–H groups in total. The molecule has 31 heavy (non-hydrogen) atoms. The number of anilines is 1. The summed E-state index contributed by atoms with van der Waals surface area (Å²) in [5, 5.41) is 0. The summed E-state index contributed by atoms with van der Waals surface area (Å²) in [6, 6.07) is 2.91. The van der Waals surface area contributed by atoms with Crippen LogP contribution in [0.25, 0.3) is 11.1 Å². The lowest BCUT2D eigenvalue weighted by Crippen LogP contribution is -2.50. The van der Waals surface area contributed by atoms with Crippen LogP contribution in [0.3, 0.4) is 0 Å². The van der Waals surface area contributed by atoms with Crippen molar-refractivity contribution in [3.05, 3.63) is 35.8 Å². The molecule has 168 valence electrons. The van der Waals surface area contributed by atoms with Crippen molar-refractivity contribution in [2.75, 3.05) is 31.9 Å². The Hall–Kier alpha value is -2.18. The van der Waals surface area contributed by atoms with Gasteiger partial charge in [-0.3, -0.25) is 9.88 Å². The monoisotopic (exact) mass is 423 g/mol. The summed E-state index contributed by atoms with van der Waals surface area (Å²) in [6.07, 6.45) is 13.1. The van der Waals surface area contributed by atoms with E-state index in [0.29, 0.717) is 11.6 Å². The topological polar surface area (TPSA) is 67.5 Å². The first-order chi connectivity index (χ1) is 15.1. The molecule has 1 atom stereocenters. The number of piperidine rings is 2. The lowest BCUT2D eigenvalue weighted by Gasteiger charge is -2.41. The minimum Gasteiger partial charge on any atom is -0.471 e. The summed E-state index contributed by atoms with van der Waals surface area (Å²) >= 11 is 0. The third-order valence-electron chi connectivity index (χ3n) is 7.03. The first kappa shape index (κ1) is 22.0. The molecule has 0 aliphatic carbocycles. The second-order valence-electron chi connectivity index (χ2n) is 9.03. The number of rotatable bonds is 6. The van der Waals surface area contributed by atoms with E-state index in [1.165, 1.54) is 50.8 Å². The van der Waals surface area contributed by atoms with E-state index in [4.69, 9.17) is 10.5 Å². The predicted molar refractivity (Wildman–Crippen MR) is 126 cm³/mol. The molecule has 0 saturated carbocycles. The number of hydrogen-bond acceptors (Lipinski definition) is 6. The molecule has 0 radical (unpaired) electrons. The van der Waals surface area contributed by atoms with E-state index in [1.807, 2.05) is 18.6 Å². The molecule has 0 amide bonds. The van der Waals surface area contributed by atoms with Gasteiger partial charge in [-0.15, -0.1) is 0 Å². The third-order valence-corrected chi connectivity index (χ3v) is 7.03. The number of ether oxygens (including phenoxy) is 1. The largest absolute Gasteiger partial charge is 0.471 e. The highest BCUT2D eigenvalue weighted by Gasteiger charge is 2.28. The van der Waals surface area contributed by atoms with Crippen LogP contribution in [-0.4, -0.2) is 58.2 Å². The van der Waals surface area contributed by atoms with Crippen molar-refractivity contribution in [2.45, 2.75) is 71.6 Å². The van der Waals surface area contributed by atoms with E-state index in [9.17, 15) is 0 Å². The molecule has 6 heteroatoms. The Bertz CT molecular complexity index is 872. The lowest BCUT2D eigenvalue weighted by atomic mass is 10.00. The quantitative estimate of drug-likeness (QED) is 0.748. The van der Waals surface area contributed by atoms with E-state index in [-0.39, 0.29) is 6.23 Å². The van der Waals surface area contributed by atoms with Gasteiger partial charge in [-0.05, 0) is 70.7 Å². The Labute approximate surface area is 186 Å². The van der Waals surface area contributed by atoms with Crippen molar-refractivity contribution < 1.29 is 4.74 Å². The normalized spacial score (nSPS) is 20.0. The fraction of sp³-hybridized carbons (Fsp3) is 0.600. The number of aryl methyl sites for hydroxylation is 1. The van der Waals surface area contributed by atoms with Crippen LogP contribution in [0, 0.1) is 6.92 Å². The predicted octanol–water partition coefficient (Wildman–Crippen LogP) is 4.27. The average Bonchev–Trinajstić information content (AvgIpc) is 2.82. The standard InChI is InChI=1S/C25H37N5O/c1-4-20-14-21(16-27-15-20)23-17-28-25(26)24(18(23)2)31-19(3)29-12-8-22(9-13-29)30-10-6-5-7-11-30/h14-17,19,22H,4-13H2,1-3H3,(H2,26,28). The maximum Gasteiger partial charge on any atom is 0.167 e. The Morgan fingerprint density at radius 1 is 1.10 bits per heavy atom. The smallest absolute Gasteiger partial charge is 0.167 e. The molecule has 2 aromatic rings. The van der Waals surface area contributed by atoms with E-state index < -0.39 is 0 Å². The van der Waals surface area contributed by atoms with Crippen molar-refractivity contribution >= 4 is 5.82 Å². The molecule has 0 aromatic carbocycles. The van der Waals surface area contributed by atoms with Crippen LogP contribution in [0.15, 0.2) is 24.7 Å². The zero-order valence-corrected chi connectivity index (χ0v) is 19.3. The highest BCUT2D eigenvalue weighted by atomic mass is 16.5. The molecule has 2 saturated heterocycles. The minimum atomic E-state index is -0.0274. The van der Waals surface area contributed by atoms with Gasteiger partial charge in [-0.1, -0.05) is 13.3 Å². The molecule has 2 aromatic heterocycles. The maximum absolute atomic E-state index is 6.42. The van der Waals surface area contributed by atoms with Crippen molar-refractivity contribution in [1.82, 2.24) is 19.8 Å².